The van der Waals surface area contributed by atoms with E-state index in [0.717, 1.165) is 38.8 Å². The number of nitrogens with one attached hydrogen (secondary N) is 2. The number of nitrogens with zero attached hydrogens (tertiary/aromatic N) is 1. The molecule has 3 fully saturated rings. The SMILES string of the molecule is CN1C2CCCC1CC(NC(=O)C1(C)CCCNC1)C2. The smallest absolute Gasteiger partial charge is 0.227 e. The first-order valence-corrected chi connectivity index (χ1v) is 8.32. The minimum Gasteiger partial charge on any atom is -0.353 e. The Balaban J connectivity index is 1.59. The number of hydrogen-bond donors (Lipinski definition) is 2. The van der Waals surface area contributed by atoms with Gasteiger partial charge in [-0.15, -0.1) is 0 Å². The second-order valence-electron chi connectivity index (χ2n) is 7.39. The third kappa shape index (κ3) is 2.73. The summed E-state index contributed by atoms with van der Waals surface area (Å²) in [6, 6.07) is 1.77. The van der Waals surface area contributed by atoms with Crippen LogP contribution < -0.4 is 10.6 Å². The lowest BCUT2D eigenvalue weighted by Gasteiger charge is -2.47. The van der Waals surface area contributed by atoms with E-state index in [1.807, 2.05) is 0 Å². The standard InChI is InChI=1S/C16H29N3O/c1-16(7-4-8-17-11-16)15(20)18-12-9-13-5-3-6-14(10-12)19(13)2/h12-14,17H,3-11H2,1-2H3,(H,18,20). The molecular weight excluding hydrogens is 250 g/mol. The lowest BCUT2D eigenvalue weighted by atomic mass is 9.79. The first kappa shape index (κ1) is 14.3. The Labute approximate surface area is 122 Å². The number of piperidine rings is 3. The largest absolute Gasteiger partial charge is 0.353 e. The van der Waals surface area contributed by atoms with Gasteiger partial charge in [0.25, 0.3) is 0 Å². The van der Waals surface area contributed by atoms with Crippen LogP contribution in [-0.2, 0) is 4.79 Å². The van der Waals surface area contributed by atoms with Gasteiger partial charge in [0, 0.05) is 24.7 Å². The summed E-state index contributed by atoms with van der Waals surface area (Å²) in [6.07, 6.45) is 8.39. The van der Waals surface area contributed by atoms with Crippen LogP contribution >= 0.6 is 0 Å². The molecule has 0 saturated carbocycles. The molecule has 4 nitrogen and oxygen atoms in total. The highest BCUT2D eigenvalue weighted by Crippen LogP contribution is 2.33. The maximum absolute atomic E-state index is 12.6. The van der Waals surface area contributed by atoms with E-state index in [1.54, 1.807) is 0 Å². The number of hydrogen-bond acceptors (Lipinski definition) is 3. The van der Waals surface area contributed by atoms with Gasteiger partial charge in [-0.2, -0.15) is 0 Å². The minimum absolute atomic E-state index is 0.198. The monoisotopic (exact) mass is 279 g/mol. The molecule has 0 spiro atoms. The van der Waals surface area contributed by atoms with Gasteiger partial charge in [0.1, 0.15) is 0 Å². The van der Waals surface area contributed by atoms with Crippen molar-refractivity contribution in [3.8, 4) is 0 Å². The van der Waals surface area contributed by atoms with Crippen molar-refractivity contribution in [1.82, 2.24) is 15.5 Å². The molecule has 3 aliphatic heterocycles. The fourth-order valence-electron chi connectivity index (χ4n) is 4.34. The van der Waals surface area contributed by atoms with Crippen LogP contribution in [0.3, 0.4) is 0 Å². The zero-order valence-electron chi connectivity index (χ0n) is 13.0. The van der Waals surface area contributed by atoms with Gasteiger partial charge in [-0.25, -0.2) is 0 Å². The molecule has 20 heavy (non-hydrogen) atoms. The highest BCUT2D eigenvalue weighted by atomic mass is 16.2. The van der Waals surface area contributed by atoms with Crippen LogP contribution in [0.1, 0.15) is 51.9 Å². The van der Waals surface area contributed by atoms with Crippen molar-refractivity contribution in [2.75, 3.05) is 20.1 Å². The van der Waals surface area contributed by atoms with Gasteiger partial charge in [0.2, 0.25) is 5.91 Å². The first-order valence-electron chi connectivity index (χ1n) is 8.32. The van der Waals surface area contributed by atoms with E-state index in [9.17, 15) is 4.79 Å². The summed E-state index contributed by atoms with van der Waals surface area (Å²) < 4.78 is 0. The predicted octanol–water partition coefficient (Wildman–Crippen LogP) is 1.51. The van der Waals surface area contributed by atoms with Crippen LogP contribution in [0.4, 0.5) is 0 Å². The molecule has 3 heterocycles. The normalized spacial score (nSPS) is 42.2. The molecular formula is C16H29N3O. The van der Waals surface area contributed by atoms with Crippen LogP contribution in [-0.4, -0.2) is 49.1 Å². The zero-order chi connectivity index (χ0) is 14.2. The molecule has 0 radical (unpaired) electrons. The molecule has 0 aromatic rings. The van der Waals surface area contributed by atoms with E-state index in [4.69, 9.17) is 0 Å². The van der Waals surface area contributed by atoms with Crippen molar-refractivity contribution in [2.24, 2.45) is 5.41 Å². The lowest BCUT2D eigenvalue weighted by molar-refractivity contribution is -0.132. The Bertz CT molecular complexity index is 351. The summed E-state index contributed by atoms with van der Waals surface area (Å²) in [4.78, 5) is 15.2. The van der Waals surface area contributed by atoms with Crippen LogP contribution in [0.2, 0.25) is 0 Å². The molecule has 4 heteroatoms. The highest BCUT2D eigenvalue weighted by Gasteiger charge is 2.40. The maximum Gasteiger partial charge on any atom is 0.227 e. The van der Waals surface area contributed by atoms with Crippen molar-refractivity contribution in [1.29, 1.82) is 0 Å². The van der Waals surface area contributed by atoms with E-state index in [-0.39, 0.29) is 11.3 Å². The molecule has 0 aromatic heterocycles. The third-order valence-corrected chi connectivity index (χ3v) is 5.82. The summed E-state index contributed by atoms with van der Waals surface area (Å²) in [5.41, 5.74) is -0.198. The molecule has 0 aliphatic carbocycles. The minimum atomic E-state index is -0.198. The summed E-state index contributed by atoms with van der Waals surface area (Å²) in [5.74, 6) is 0.275. The zero-order valence-corrected chi connectivity index (χ0v) is 13.0. The van der Waals surface area contributed by atoms with Crippen LogP contribution in [0.25, 0.3) is 0 Å². The van der Waals surface area contributed by atoms with Gasteiger partial charge >= 0.3 is 0 Å². The fourth-order valence-corrected chi connectivity index (χ4v) is 4.34. The number of carbonyl (C=O) groups excluding carboxylic acids is 1. The Kier molecular flexibility index (Phi) is 4.04. The molecule has 3 unspecified atom stereocenters. The third-order valence-electron chi connectivity index (χ3n) is 5.82. The van der Waals surface area contributed by atoms with Crippen molar-refractivity contribution < 1.29 is 4.79 Å². The van der Waals surface area contributed by atoms with Gasteiger partial charge < -0.3 is 15.5 Å². The molecule has 114 valence electrons. The second kappa shape index (κ2) is 5.64. The van der Waals surface area contributed by atoms with E-state index < -0.39 is 0 Å². The maximum atomic E-state index is 12.6. The number of carbonyl (C=O) groups is 1. The van der Waals surface area contributed by atoms with E-state index >= 15 is 0 Å². The van der Waals surface area contributed by atoms with Crippen molar-refractivity contribution >= 4 is 5.91 Å². The van der Waals surface area contributed by atoms with Crippen molar-refractivity contribution in [3.63, 3.8) is 0 Å². The molecule has 1 amide bonds. The van der Waals surface area contributed by atoms with Crippen molar-refractivity contribution in [3.05, 3.63) is 0 Å². The average molecular weight is 279 g/mol. The van der Waals surface area contributed by atoms with Crippen LogP contribution in [0, 0.1) is 5.41 Å². The molecule has 0 aromatic carbocycles. The van der Waals surface area contributed by atoms with Crippen LogP contribution in [0.15, 0.2) is 0 Å². The van der Waals surface area contributed by atoms with E-state index in [0.29, 0.717) is 18.1 Å². The molecule has 2 bridgehead atoms. The van der Waals surface area contributed by atoms with E-state index in [2.05, 4.69) is 29.5 Å². The fraction of sp³-hybridized carbons (Fsp3) is 0.938. The second-order valence-corrected chi connectivity index (χ2v) is 7.39. The predicted molar refractivity (Wildman–Crippen MR) is 80.6 cm³/mol. The number of rotatable bonds is 2. The molecule has 3 aliphatic rings. The topological polar surface area (TPSA) is 44.4 Å². The molecule has 3 saturated heterocycles. The lowest BCUT2D eigenvalue weighted by Crippen LogP contribution is -2.58. The van der Waals surface area contributed by atoms with Gasteiger partial charge in [-0.05, 0) is 59.0 Å². The van der Waals surface area contributed by atoms with E-state index in [1.165, 1.54) is 19.3 Å². The molecule has 3 atom stereocenters. The molecule has 3 rings (SSSR count). The Morgan fingerprint density at radius 2 is 1.95 bits per heavy atom. The van der Waals surface area contributed by atoms with Gasteiger partial charge in [-0.3, -0.25) is 4.79 Å². The summed E-state index contributed by atoms with van der Waals surface area (Å²) in [6.45, 7) is 4.00. The summed E-state index contributed by atoms with van der Waals surface area (Å²) in [5, 5.41) is 6.74. The summed E-state index contributed by atoms with van der Waals surface area (Å²) >= 11 is 0. The van der Waals surface area contributed by atoms with Gasteiger partial charge in [-0.1, -0.05) is 6.42 Å². The number of fused-ring (bicyclic) bond motifs is 2. The van der Waals surface area contributed by atoms with Crippen LogP contribution in [0.5, 0.6) is 0 Å². The number of amides is 1. The Morgan fingerprint density at radius 1 is 1.25 bits per heavy atom. The van der Waals surface area contributed by atoms with Crippen molar-refractivity contribution in [2.45, 2.75) is 70.0 Å². The average Bonchev–Trinajstić information content (AvgIpc) is 2.41. The highest BCUT2D eigenvalue weighted by molar-refractivity contribution is 5.82. The first-order chi connectivity index (χ1) is 9.58. The summed E-state index contributed by atoms with van der Waals surface area (Å²) in [7, 11) is 2.26. The van der Waals surface area contributed by atoms with Gasteiger partial charge in [0.05, 0.1) is 5.41 Å². The Morgan fingerprint density at radius 3 is 2.55 bits per heavy atom. The quantitative estimate of drug-likeness (QED) is 0.805. The van der Waals surface area contributed by atoms with Gasteiger partial charge in [0.15, 0.2) is 0 Å². The Hall–Kier alpha value is -0.610. The molecule has 2 N–H and O–H groups in total.